The maximum Gasteiger partial charge on any atom is 0.330 e. The SMILES string of the molecule is C#CC1(CO)OC(n2cc(CC)c(=O)[nH]c2=O)CC1O. The molecule has 0 saturated carbocycles. The van der Waals surface area contributed by atoms with E-state index >= 15 is 0 Å². The molecule has 3 N–H and O–H groups in total. The summed E-state index contributed by atoms with van der Waals surface area (Å²) >= 11 is 0. The third kappa shape index (κ3) is 2.18. The van der Waals surface area contributed by atoms with Crippen molar-refractivity contribution in [3.8, 4) is 12.3 Å². The molecular weight excluding hydrogens is 264 g/mol. The summed E-state index contributed by atoms with van der Waals surface area (Å²) in [5.74, 6) is 2.23. The van der Waals surface area contributed by atoms with Crippen LogP contribution in [0.2, 0.25) is 0 Å². The molecule has 0 amide bonds. The standard InChI is InChI=1S/C13H16N2O5/c1-3-8-6-15(12(19)14-11(8)18)10-5-9(17)13(4-2,7-16)20-10/h2,6,9-10,16-17H,3,5,7H2,1H3,(H,14,18,19). The zero-order valence-corrected chi connectivity index (χ0v) is 11.0. The monoisotopic (exact) mass is 280 g/mol. The summed E-state index contributed by atoms with van der Waals surface area (Å²) in [6, 6.07) is 0. The van der Waals surface area contributed by atoms with E-state index in [2.05, 4.69) is 10.9 Å². The average molecular weight is 280 g/mol. The van der Waals surface area contributed by atoms with Crippen molar-refractivity contribution in [1.29, 1.82) is 0 Å². The molecule has 0 aromatic carbocycles. The van der Waals surface area contributed by atoms with Crippen molar-refractivity contribution in [2.45, 2.75) is 37.7 Å². The van der Waals surface area contributed by atoms with E-state index < -0.39 is 35.8 Å². The van der Waals surface area contributed by atoms with Crippen LogP contribution in [0.1, 0.15) is 25.1 Å². The van der Waals surface area contributed by atoms with Crippen LogP contribution < -0.4 is 11.2 Å². The topological polar surface area (TPSA) is 105 Å². The maximum absolute atomic E-state index is 11.8. The average Bonchev–Trinajstić information content (AvgIpc) is 2.76. The molecule has 108 valence electrons. The number of aryl methyl sites for hydroxylation is 1. The smallest absolute Gasteiger partial charge is 0.330 e. The molecule has 7 heteroatoms. The van der Waals surface area contributed by atoms with Gasteiger partial charge in [-0.25, -0.2) is 4.79 Å². The van der Waals surface area contributed by atoms with Crippen LogP contribution in [0.5, 0.6) is 0 Å². The zero-order valence-electron chi connectivity index (χ0n) is 11.0. The van der Waals surface area contributed by atoms with Gasteiger partial charge in [0, 0.05) is 18.2 Å². The van der Waals surface area contributed by atoms with Crippen LogP contribution in [0, 0.1) is 12.3 Å². The van der Waals surface area contributed by atoms with Crippen molar-refractivity contribution < 1.29 is 14.9 Å². The van der Waals surface area contributed by atoms with Gasteiger partial charge in [-0.05, 0) is 6.42 Å². The number of ether oxygens (including phenoxy) is 1. The molecule has 2 heterocycles. The summed E-state index contributed by atoms with van der Waals surface area (Å²) < 4.78 is 6.65. The molecule has 7 nitrogen and oxygen atoms in total. The zero-order chi connectivity index (χ0) is 14.9. The quantitative estimate of drug-likeness (QED) is 0.600. The lowest BCUT2D eigenvalue weighted by Gasteiger charge is -2.23. The van der Waals surface area contributed by atoms with E-state index in [1.807, 2.05) is 0 Å². The molecule has 0 bridgehead atoms. The molecule has 0 spiro atoms. The predicted molar refractivity (Wildman–Crippen MR) is 70.1 cm³/mol. The van der Waals surface area contributed by atoms with Gasteiger partial charge in [0.05, 0.1) is 6.61 Å². The molecule has 1 saturated heterocycles. The number of nitrogens with one attached hydrogen (secondary N) is 1. The molecule has 2 rings (SSSR count). The minimum absolute atomic E-state index is 0.0554. The Kier molecular flexibility index (Phi) is 3.81. The van der Waals surface area contributed by atoms with Crippen LogP contribution in [0.25, 0.3) is 0 Å². The maximum atomic E-state index is 11.8. The van der Waals surface area contributed by atoms with Gasteiger partial charge in [-0.15, -0.1) is 6.42 Å². The Bertz CT molecular complexity index is 656. The molecular formula is C13H16N2O5. The summed E-state index contributed by atoms with van der Waals surface area (Å²) in [4.78, 5) is 25.5. The summed E-state index contributed by atoms with van der Waals surface area (Å²) in [5.41, 5.74) is -2.19. The number of hydrogen-bond donors (Lipinski definition) is 3. The number of nitrogens with zero attached hydrogens (tertiary/aromatic N) is 1. The molecule has 1 aliphatic heterocycles. The summed E-state index contributed by atoms with van der Waals surface area (Å²) in [6.45, 7) is 1.23. The third-order valence-electron chi connectivity index (χ3n) is 3.52. The predicted octanol–water partition coefficient (Wildman–Crippen LogP) is -1.26. The lowest BCUT2D eigenvalue weighted by molar-refractivity contribution is -0.0913. The van der Waals surface area contributed by atoms with Crippen molar-refractivity contribution in [3.05, 3.63) is 32.6 Å². The van der Waals surface area contributed by atoms with Gasteiger partial charge >= 0.3 is 5.69 Å². The van der Waals surface area contributed by atoms with E-state index in [1.54, 1.807) is 6.92 Å². The Balaban J connectivity index is 2.43. The number of H-pyrrole nitrogens is 1. The first kappa shape index (κ1) is 14.5. The fourth-order valence-electron chi connectivity index (χ4n) is 2.23. The molecule has 1 aliphatic rings. The van der Waals surface area contributed by atoms with Crippen molar-refractivity contribution in [2.75, 3.05) is 6.61 Å². The largest absolute Gasteiger partial charge is 0.392 e. The second-order valence-corrected chi connectivity index (χ2v) is 4.69. The van der Waals surface area contributed by atoms with E-state index in [1.165, 1.54) is 10.8 Å². The Morgan fingerprint density at radius 1 is 1.65 bits per heavy atom. The van der Waals surface area contributed by atoms with Gasteiger partial charge in [-0.2, -0.15) is 0 Å². The van der Waals surface area contributed by atoms with Gasteiger partial charge in [0.15, 0.2) is 5.60 Å². The minimum Gasteiger partial charge on any atom is -0.392 e. The van der Waals surface area contributed by atoms with E-state index in [4.69, 9.17) is 11.2 Å². The lowest BCUT2D eigenvalue weighted by atomic mass is 9.99. The number of aromatic amines is 1. The number of aliphatic hydroxyl groups is 2. The fourth-order valence-corrected chi connectivity index (χ4v) is 2.23. The molecule has 3 atom stereocenters. The van der Waals surface area contributed by atoms with Crippen LogP contribution in [0.3, 0.4) is 0 Å². The van der Waals surface area contributed by atoms with Crippen molar-refractivity contribution >= 4 is 0 Å². The van der Waals surface area contributed by atoms with Gasteiger partial charge in [-0.1, -0.05) is 12.8 Å². The van der Waals surface area contributed by atoms with Gasteiger partial charge in [0.2, 0.25) is 0 Å². The highest BCUT2D eigenvalue weighted by molar-refractivity contribution is 5.16. The molecule has 1 aromatic heterocycles. The Labute approximate surface area is 114 Å². The van der Waals surface area contributed by atoms with Crippen LogP contribution in [0.4, 0.5) is 0 Å². The Morgan fingerprint density at radius 2 is 2.35 bits per heavy atom. The first-order chi connectivity index (χ1) is 9.47. The van der Waals surface area contributed by atoms with Crippen molar-refractivity contribution in [2.24, 2.45) is 0 Å². The van der Waals surface area contributed by atoms with Gasteiger partial charge < -0.3 is 14.9 Å². The molecule has 20 heavy (non-hydrogen) atoms. The third-order valence-corrected chi connectivity index (χ3v) is 3.52. The van der Waals surface area contributed by atoms with E-state index in [9.17, 15) is 19.8 Å². The highest BCUT2D eigenvalue weighted by Gasteiger charge is 2.47. The van der Waals surface area contributed by atoms with Crippen LogP contribution in [-0.4, -0.2) is 38.1 Å². The first-order valence-electron chi connectivity index (χ1n) is 6.26. The molecule has 1 fully saturated rings. The van der Waals surface area contributed by atoms with Crippen LogP contribution >= 0.6 is 0 Å². The number of rotatable bonds is 3. The number of aromatic nitrogens is 2. The number of terminal acetylenes is 1. The molecule has 1 aromatic rings. The van der Waals surface area contributed by atoms with E-state index in [-0.39, 0.29) is 6.42 Å². The number of hydrogen-bond acceptors (Lipinski definition) is 5. The highest BCUT2D eigenvalue weighted by Crippen LogP contribution is 2.35. The second-order valence-electron chi connectivity index (χ2n) is 4.69. The second kappa shape index (κ2) is 5.25. The summed E-state index contributed by atoms with van der Waals surface area (Å²) in [7, 11) is 0. The number of aliphatic hydroxyl groups excluding tert-OH is 2. The lowest BCUT2D eigenvalue weighted by Crippen LogP contribution is -2.41. The van der Waals surface area contributed by atoms with Gasteiger partial charge in [0.25, 0.3) is 5.56 Å². The Morgan fingerprint density at radius 3 is 2.85 bits per heavy atom. The highest BCUT2D eigenvalue weighted by atomic mass is 16.6. The fraction of sp³-hybridized carbons (Fsp3) is 0.538. The Hall–Kier alpha value is -1.88. The van der Waals surface area contributed by atoms with E-state index in [0.717, 1.165) is 0 Å². The summed E-state index contributed by atoms with van der Waals surface area (Å²) in [5, 5.41) is 19.2. The van der Waals surface area contributed by atoms with Crippen molar-refractivity contribution in [3.63, 3.8) is 0 Å². The van der Waals surface area contributed by atoms with Crippen LogP contribution in [-0.2, 0) is 11.2 Å². The van der Waals surface area contributed by atoms with E-state index in [0.29, 0.717) is 12.0 Å². The first-order valence-corrected chi connectivity index (χ1v) is 6.26. The van der Waals surface area contributed by atoms with Gasteiger partial charge in [0.1, 0.15) is 12.3 Å². The van der Waals surface area contributed by atoms with Gasteiger partial charge in [-0.3, -0.25) is 14.3 Å². The van der Waals surface area contributed by atoms with Crippen molar-refractivity contribution in [1.82, 2.24) is 9.55 Å². The van der Waals surface area contributed by atoms with Crippen LogP contribution in [0.15, 0.2) is 15.8 Å². The normalized spacial score (nSPS) is 29.3. The molecule has 3 unspecified atom stereocenters. The minimum atomic E-state index is -1.52. The molecule has 0 aliphatic carbocycles. The molecule has 0 radical (unpaired) electrons. The summed E-state index contributed by atoms with van der Waals surface area (Å²) in [6.07, 6.45) is 5.26.